The molecule has 4 rings (SSSR count). The van der Waals surface area contributed by atoms with Crippen molar-refractivity contribution < 1.29 is 14.7 Å². The summed E-state index contributed by atoms with van der Waals surface area (Å²) in [7, 11) is 0. The second-order valence-corrected chi connectivity index (χ2v) is 7.60. The molecule has 0 radical (unpaired) electrons. The summed E-state index contributed by atoms with van der Waals surface area (Å²) in [6.45, 7) is 3.26. The zero-order chi connectivity index (χ0) is 20.4. The van der Waals surface area contributed by atoms with E-state index in [0.29, 0.717) is 25.1 Å². The van der Waals surface area contributed by atoms with E-state index in [1.807, 2.05) is 53.4 Å². The quantitative estimate of drug-likeness (QED) is 0.666. The van der Waals surface area contributed by atoms with Crippen LogP contribution in [0.4, 0.5) is 0 Å². The summed E-state index contributed by atoms with van der Waals surface area (Å²) in [4.78, 5) is 26.3. The van der Waals surface area contributed by atoms with Gasteiger partial charge in [0.2, 0.25) is 5.91 Å². The third-order valence-corrected chi connectivity index (χ3v) is 5.60. The van der Waals surface area contributed by atoms with Crippen molar-refractivity contribution in [3.05, 3.63) is 95.1 Å². The predicted molar refractivity (Wildman–Crippen MR) is 113 cm³/mol. The molecule has 0 aliphatic carbocycles. The minimum absolute atomic E-state index is 0.144. The average molecular weight is 385 g/mol. The summed E-state index contributed by atoms with van der Waals surface area (Å²) in [5.41, 5.74) is 5.24. The summed E-state index contributed by atoms with van der Waals surface area (Å²) in [6.07, 6.45) is 0.479. The van der Waals surface area contributed by atoms with E-state index in [2.05, 4.69) is 19.1 Å². The fourth-order valence-electron chi connectivity index (χ4n) is 3.95. The zero-order valence-electron chi connectivity index (χ0n) is 16.3. The van der Waals surface area contributed by atoms with Gasteiger partial charge in [-0.25, -0.2) is 4.79 Å². The molecule has 0 fully saturated rings. The Labute approximate surface area is 170 Å². The van der Waals surface area contributed by atoms with Crippen molar-refractivity contribution in [3.63, 3.8) is 0 Å². The SMILES string of the molecule is CC(CC(=O)N1Cc2ccc(-c3ccccc3C(=O)O)cc2C1)c1ccccc1. The van der Waals surface area contributed by atoms with Crippen molar-refractivity contribution >= 4 is 11.9 Å². The first-order valence-electron chi connectivity index (χ1n) is 9.80. The molecular weight excluding hydrogens is 362 g/mol. The van der Waals surface area contributed by atoms with E-state index < -0.39 is 5.97 Å². The summed E-state index contributed by atoms with van der Waals surface area (Å²) in [5, 5.41) is 9.46. The Kier molecular flexibility index (Phi) is 5.17. The first-order chi connectivity index (χ1) is 14.0. The Bertz CT molecular complexity index is 1060. The normalized spacial score (nSPS) is 13.8. The van der Waals surface area contributed by atoms with Gasteiger partial charge in [0.15, 0.2) is 0 Å². The minimum Gasteiger partial charge on any atom is -0.478 e. The maximum absolute atomic E-state index is 12.8. The van der Waals surface area contributed by atoms with Crippen LogP contribution < -0.4 is 0 Å². The molecule has 4 nitrogen and oxygen atoms in total. The summed E-state index contributed by atoms with van der Waals surface area (Å²) >= 11 is 0. The molecule has 3 aromatic carbocycles. The van der Waals surface area contributed by atoms with Crippen LogP contribution in [-0.2, 0) is 17.9 Å². The molecule has 146 valence electrons. The van der Waals surface area contributed by atoms with Crippen molar-refractivity contribution in [1.29, 1.82) is 0 Å². The molecular formula is C25H23NO3. The van der Waals surface area contributed by atoms with Crippen LogP contribution >= 0.6 is 0 Å². The number of carboxylic acid groups (broad SMARTS) is 1. The number of hydrogen-bond donors (Lipinski definition) is 1. The monoisotopic (exact) mass is 385 g/mol. The van der Waals surface area contributed by atoms with Crippen LogP contribution in [0.25, 0.3) is 11.1 Å². The van der Waals surface area contributed by atoms with E-state index in [1.165, 1.54) is 5.56 Å². The van der Waals surface area contributed by atoms with Crippen molar-refractivity contribution in [3.8, 4) is 11.1 Å². The molecule has 0 spiro atoms. The van der Waals surface area contributed by atoms with Gasteiger partial charge >= 0.3 is 5.97 Å². The molecule has 1 amide bonds. The number of hydrogen-bond acceptors (Lipinski definition) is 2. The summed E-state index contributed by atoms with van der Waals surface area (Å²) < 4.78 is 0. The molecule has 3 aromatic rings. The van der Waals surface area contributed by atoms with E-state index in [1.54, 1.807) is 12.1 Å². The largest absolute Gasteiger partial charge is 0.478 e. The third-order valence-electron chi connectivity index (χ3n) is 5.60. The molecule has 0 bridgehead atoms. The molecule has 4 heteroatoms. The van der Waals surface area contributed by atoms with Gasteiger partial charge in [-0.1, -0.05) is 67.6 Å². The fraction of sp³-hybridized carbons (Fsp3) is 0.200. The van der Waals surface area contributed by atoms with Gasteiger partial charge < -0.3 is 10.0 Å². The van der Waals surface area contributed by atoms with Gasteiger partial charge in [-0.05, 0) is 45.9 Å². The van der Waals surface area contributed by atoms with Gasteiger partial charge in [0.25, 0.3) is 0 Å². The summed E-state index contributed by atoms with van der Waals surface area (Å²) in [6, 6.07) is 23.1. The number of amides is 1. The van der Waals surface area contributed by atoms with Crippen LogP contribution in [0.1, 0.15) is 46.3 Å². The molecule has 0 saturated carbocycles. The number of rotatable bonds is 5. The smallest absolute Gasteiger partial charge is 0.336 e. The Morgan fingerprint density at radius 1 is 0.931 bits per heavy atom. The van der Waals surface area contributed by atoms with Gasteiger partial charge in [-0.2, -0.15) is 0 Å². The van der Waals surface area contributed by atoms with Crippen LogP contribution in [-0.4, -0.2) is 21.9 Å². The second-order valence-electron chi connectivity index (χ2n) is 7.60. The number of carbonyl (C=O) groups excluding carboxylic acids is 1. The second kappa shape index (κ2) is 7.92. The van der Waals surface area contributed by atoms with E-state index in [-0.39, 0.29) is 17.4 Å². The van der Waals surface area contributed by atoms with Gasteiger partial charge in [0.05, 0.1) is 5.56 Å². The minimum atomic E-state index is -0.937. The molecule has 29 heavy (non-hydrogen) atoms. The van der Waals surface area contributed by atoms with Crippen molar-refractivity contribution in [1.82, 2.24) is 4.90 Å². The van der Waals surface area contributed by atoms with Gasteiger partial charge in [0.1, 0.15) is 0 Å². The lowest BCUT2D eigenvalue weighted by atomic mass is 9.96. The molecule has 0 aromatic heterocycles. The van der Waals surface area contributed by atoms with E-state index >= 15 is 0 Å². The molecule has 1 atom stereocenters. The molecule has 1 N–H and O–H groups in total. The summed E-state index contributed by atoms with van der Waals surface area (Å²) in [5.74, 6) is -0.622. The number of carbonyl (C=O) groups is 2. The average Bonchev–Trinajstić information content (AvgIpc) is 3.18. The Balaban J connectivity index is 1.51. The highest BCUT2D eigenvalue weighted by Gasteiger charge is 2.25. The number of carboxylic acids is 1. The van der Waals surface area contributed by atoms with Crippen molar-refractivity contribution in [2.75, 3.05) is 0 Å². The third kappa shape index (κ3) is 3.92. The lowest BCUT2D eigenvalue weighted by Crippen LogP contribution is -2.26. The van der Waals surface area contributed by atoms with Crippen molar-refractivity contribution in [2.45, 2.75) is 32.4 Å². The highest BCUT2D eigenvalue weighted by atomic mass is 16.4. The van der Waals surface area contributed by atoms with Gasteiger partial charge in [-0.3, -0.25) is 4.79 Å². The maximum Gasteiger partial charge on any atom is 0.336 e. The van der Waals surface area contributed by atoms with E-state index in [0.717, 1.165) is 16.7 Å². The maximum atomic E-state index is 12.8. The van der Waals surface area contributed by atoms with Crippen LogP contribution in [0.15, 0.2) is 72.8 Å². The number of nitrogens with zero attached hydrogens (tertiary/aromatic N) is 1. The van der Waals surface area contributed by atoms with Gasteiger partial charge in [0, 0.05) is 19.5 Å². The zero-order valence-corrected chi connectivity index (χ0v) is 16.3. The molecule has 0 saturated heterocycles. The standard InChI is InChI=1S/C25H23NO3/c1-17(18-7-3-2-4-8-18)13-24(27)26-15-20-12-11-19(14-21(20)16-26)22-9-5-6-10-23(22)25(28)29/h2-12,14,17H,13,15-16H2,1H3,(H,28,29). The van der Waals surface area contributed by atoms with Crippen LogP contribution in [0.2, 0.25) is 0 Å². The van der Waals surface area contributed by atoms with E-state index in [4.69, 9.17) is 0 Å². The fourth-order valence-corrected chi connectivity index (χ4v) is 3.95. The van der Waals surface area contributed by atoms with Gasteiger partial charge in [-0.15, -0.1) is 0 Å². The first kappa shape index (κ1) is 18.9. The van der Waals surface area contributed by atoms with Crippen LogP contribution in [0, 0.1) is 0 Å². The molecule has 1 aliphatic rings. The molecule has 1 heterocycles. The van der Waals surface area contributed by atoms with E-state index in [9.17, 15) is 14.7 Å². The highest BCUT2D eigenvalue weighted by molar-refractivity contribution is 5.96. The lowest BCUT2D eigenvalue weighted by Gasteiger charge is -2.18. The predicted octanol–water partition coefficient (Wildman–Crippen LogP) is 5.09. The molecule has 1 aliphatic heterocycles. The van der Waals surface area contributed by atoms with Crippen molar-refractivity contribution in [2.24, 2.45) is 0 Å². The first-order valence-corrected chi connectivity index (χ1v) is 9.80. The Morgan fingerprint density at radius 3 is 2.38 bits per heavy atom. The lowest BCUT2D eigenvalue weighted by molar-refractivity contribution is -0.132. The number of benzene rings is 3. The Morgan fingerprint density at radius 2 is 1.62 bits per heavy atom. The van der Waals surface area contributed by atoms with Crippen LogP contribution in [0.3, 0.4) is 0 Å². The Hall–Kier alpha value is -3.40. The number of aromatic carboxylic acids is 1. The highest BCUT2D eigenvalue weighted by Crippen LogP contribution is 2.31. The van der Waals surface area contributed by atoms with Crippen LogP contribution in [0.5, 0.6) is 0 Å². The topological polar surface area (TPSA) is 57.6 Å². The molecule has 1 unspecified atom stereocenters. The number of fused-ring (bicyclic) bond motifs is 1.